The van der Waals surface area contributed by atoms with Crippen LogP contribution in [0.2, 0.25) is 0 Å². The zero-order valence-electron chi connectivity index (χ0n) is 10.3. The molecule has 1 amide bonds. The molecule has 1 fully saturated rings. The summed E-state index contributed by atoms with van der Waals surface area (Å²) in [7, 11) is 0. The fraction of sp³-hybridized carbons (Fsp3) is 0.462. The summed E-state index contributed by atoms with van der Waals surface area (Å²) < 4.78 is 0. The smallest absolute Gasteiger partial charge is 0.248 e. The molecule has 1 aliphatic carbocycles. The van der Waals surface area contributed by atoms with Crippen molar-refractivity contribution in [3.05, 3.63) is 29.3 Å². The van der Waals surface area contributed by atoms with Gasteiger partial charge in [0, 0.05) is 30.4 Å². The Labute approximate surface area is 106 Å². The fourth-order valence-corrected chi connectivity index (χ4v) is 2.07. The molecule has 0 spiro atoms. The maximum atomic E-state index is 11.0. The topological polar surface area (TPSA) is 92.6 Å². The van der Waals surface area contributed by atoms with E-state index in [9.17, 15) is 4.79 Å². The van der Waals surface area contributed by atoms with Crippen molar-refractivity contribution >= 4 is 11.6 Å². The van der Waals surface area contributed by atoms with Gasteiger partial charge in [0.15, 0.2) is 0 Å². The van der Waals surface area contributed by atoms with Crippen LogP contribution in [0.25, 0.3) is 0 Å². The van der Waals surface area contributed by atoms with Crippen LogP contribution < -0.4 is 11.5 Å². The number of hydrogen-bond acceptors (Lipinski definition) is 4. The quantitative estimate of drug-likeness (QED) is 0.633. The van der Waals surface area contributed by atoms with Crippen LogP contribution in [-0.2, 0) is 6.54 Å². The average Bonchev–Trinajstić information content (AvgIpc) is 3.14. The van der Waals surface area contributed by atoms with Gasteiger partial charge in [-0.05, 0) is 30.5 Å². The van der Waals surface area contributed by atoms with Gasteiger partial charge in [-0.2, -0.15) is 0 Å². The molecule has 1 saturated carbocycles. The van der Waals surface area contributed by atoms with E-state index in [1.54, 1.807) is 12.1 Å². The third-order valence-corrected chi connectivity index (χ3v) is 3.25. The second-order valence-corrected chi connectivity index (χ2v) is 4.70. The summed E-state index contributed by atoms with van der Waals surface area (Å²) >= 11 is 0. The number of rotatable bonds is 6. The summed E-state index contributed by atoms with van der Waals surface area (Å²) in [4.78, 5) is 13.2. The van der Waals surface area contributed by atoms with Crippen LogP contribution in [0.15, 0.2) is 18.2 Å². The molecule has 0 unspecified atom stereocenters. The van der Waals surface area contributed by atoms with Gasteiger partial charge < -0.3 is 16.6 Å². The van der Waals surface area contributed by atoms with Crippen molar-refractivity contribution in [2.75, 3.05) is 18.9 Å². The predicted octanol–water partition coefficient (Wildman–Crippen LogP) is 0.324. The minimum Gasteiger partial charge on any atom is -0.398 e. The summed E-state index contributed by atoms with van der Waals surface area (Å²) in [6.07, 6.45) is 2.36. The zero-order valence-corrected chi connectivity index (χ0v) is 10.3. The maximum Gasteiger partial charge on any atom is 0.248 e. The minimum absolute atomic E-state index is 0.149. The van der Waals surface area contributed by atoms with Crippen molar-refractivity contribution in [2.45, 2.75) is 25.4 Å². The molecule has 1 aromatic carbocycles. The summed E-state index contributed by atoms with van der Waals surface area (Å²) in [5.41, 5.74) is 13.1. The standard InChI is InChI=1S/C13H19N3O2/c14-12-7-9(13(15)18)1-2-10(12)8-16(5-6-17)11-3-4-11/h1-2,7,11,17H,3-6,8,14H2,(H2,15,18). The Balaban J connectivity index is 2.10. The van der Waals surface area contributed by atoms with Crippen LogP contribution >= 0.6 is 0 Å². The SMILES string of the molecule is NC(=O)c1ccc(CN(CCO)C2CC2)c(N)c1. The Morgan fingerprint density at radius 1 is 1.44 bits per heavy atom. The largest absolute Gasteiger partial charge is 0.398 e. The number of carbonyl (C=O) groups excluding carboxylic acids is 1. The number of nitrogens with zero attached hydrogens (tertiary/aromatic N) is 1. The highest BCUT2D eigenvalue weighted by Gasteiger charge is 2.28. The van der Waals surface area contributed by atoms with E-state index >= 15 is 0 Å². The lowest BCUT2D eigenvalue weighted by molar-refractivity contribution is 0.100. The first-order valence-corrected chi connectivity index (χ1v) is 6.15. The third-order valence-electron chi connectivity index (χ3n) is 3.25. The number of carbonyl (C=O) groups is 1. The van der Waals surface area contributed by atoms with Crippen molar-refractivity contribution in [1.82, 2.24) is 4.90 Å². The lowest BCUT2D eigenvalue weighted by Crippen LogP contribution is -2.29. The van der Waals surface area contributed by atoms with E-state index in [-0.39, 0.29) is 6.61 Å². The molecule has 0 aliphatic heterocycles. The van der Waals surface area contributed by atoms with Gasteiger partial charge >= 0.3 is 0 Å². The van der Waals surface area contributed by atoms with E-state index in [1.165, 1.54) is 12.8 Å². The molecule has 98 valence electrons. The molecule has 0 radical (unpaired) electrons. The van der Waals surface area contributed by atoms with Crippen LogP contribution in [0, 0.1) is 0 Å². The molecule has 1 aromatic rings. The van der Waals surface area contributed by atoms with Crippen molar-refractivity contribution in [3.8, 4) is 0 Å². The first-order valence-electron chi connectivity index (χ1n) is 6.15. The van der Waals surface area contributed by atoms with E-state index in [1.807, 2.05) is 6.07 Å². The third kappa shape index (κ3) is 3.00. The van der Waals surface area contributed by atoms with Crippen LogP contribution in [0.3, 0.4) is 0 Å². The molecular weight excluding hydrogens is 230 g/mol. The maximum absolute atomic E-state index is 11.0. The van der Waals surface area contributed by atoms with E-state index < -0.39 is 5.91 Å². The molecule has 5 heteroatoms. The normalized spacial score (nSPS) is 15.0. The number of amides is 1. The molecule has 0 atom stereocenters. The highest BCUT2D eigenvalue weighted by atomic mass is 16.3. The van der Waals surface area contributed by atoms with Crippen molar-refractivity contribution < 1.29 is 9.90 Å². The Bertz CT molecular complexity index is 444. The predicted molar refractivity (Wildman–Crippen MR) is 69.9 cm³/mol. The molecule has 18 heavy (non-hydrogen) atoms. The number of nitrogens with two attached hydrogens (primary N) is 2. The monoisotopic (exact) mass is 249 g/mol. The lowest BCUT2D eigenvalue weighted by atomic mass is 10.1. The van der Waals surface area contributed by atoms with Gasteiger partial charge in [0.1, 0.15) is 0 Å². The molecule has 5 nitrogen and oxygen atoms in total. The molecular formula is C13H19N3O2. The lowest BCUT2D eigenvalue weighted by Gasteiger charge is -2.21. The molecule has 1 aliphatic rings. The number of nitrogen functional groups attached to an aromatic ring is 1. The fourth-order valence-electron chi connectivity index (χ4n) is 2.07. The number of aliphatic hydroxyl groups excluding tert-OH is 1. The van der Waals surface area contributed by atoms with Crippen LogP contribution in [0.5, 0.6) is 0 Å². The van der Waals surface area contributed by atoms with Gasteiger partial charge in [-0.25, -0.2) is 0 Å². The van der Waals surface area contributed by atoms with Crippen molar-refractivity contribution in [1.29, 1.82) is 0 Å². The first kappa shape index (κ1) is 12.9. The van der Waals surface area contributed by atoms with E-state index in [0.717, 1.165) is 5.56 Å². The van der Waals surface area contributed by atoms with Gasteiger partial charge in [0.05, 0.1) is 6.61 Å². The zero-order chi connectivity index (χ0) is 13.1. The van der Waals surface area contributed by atoms with Crippen molar-refractivity contribution in [2.24, 2.45) is 5.73 Å². The number of aliphatic hydroxyl groups is 1. The molecule has 0 heterocycles. The van der Waals surface area contributed by atoms with Crippen LogP contribution in [0.1, 0.15) is 28.8 Å². The summed E-state index contributed by atoms with van der Waals surface area (Å²) in [5, 5.41) is 9.04. The number of anilines is 1. The summed E-state index contributed by atoms with van der Waals surface area (Å²) in [6.45, 7) is 1.51. The first-order chi connectivity index (χ1) is 8.61. The van der Waals surface area contributed by atoms with Gasteiger partial charge in [0.2, 0.25) is 5.91 Å². The summed E-state index contributed by atoms with van der Waals surface area (Å²) in [5.74, 6) is -0.470. The average molecular weight is 249 g/mol. The van der Waals surface area contributed by atoms with Crippen LogP contribution in [0.4, 0.5) is 5.69 Å². The van der Waals surface area contributed by atoms with Gasteiger partial charge in [0.25, 0.3) is 0 Å². The highest BCUT2D eigenvalue weighted by molar-refractivity contribution is 5.93. The summed E-state index contributed by atoms with van der Waals surface area (Å²) in [6, 6.07) is 5.70. The van der Waals surface area contributed by atoms with Gasteiger partial charge in [-0.15, -0.1) is 0 Å². The van der Waals surface area contributed by atoms with E-state index in [0.29, 0.717) is 30.4 Å². The minimum atomic E-state index is -0.470. The Morgan fingerprint density at radius 2 is 2.17 bits per heavy atom. The Kier molecular flexibility index (Phi) is 3.84. The highest BCUT2D eigenvalue weighted by Crippen LogP contribution is 2.29. The second kappa shape index (κ2) is 5.37. The molecule has 0 bridgehead atoms. The molecule has 5 N–H and O–H groups in total. The molecule has 2 rings (SSSR count). The van der Waals surface area contributed by atoms with Crippen LogP contribution in [-0.4, -0.2) is 35.1 Å². The van der Waals surface area contributed by atoms with Gasteiger partial charge in [-0.3, -0.25) is 9.69 Å². The van der Waals surface area contributed by atoms with Gasteiger partial charge in [-0.1, -0.05) is 6.07 Å². The molecule has 0 saturated heterocycles. The number of benzene rings is 1. The Morgan fingerprint density at radius 3 is 2.67 bits per heavy atom. The number of hydrogen-bond donors (Lipinski definition) is 3. The number of primary amides is 1. The second-order valence-electron chi connectivity index (χ2n) is 4.70. The molecule has 0 aromatic heterocycles. The Hall–Kier alpha value is -1.59. The van der Waals surface area contributed by atoms with E-state index in [4.69, 9.17) is 16.6 Å². The van der Waals surface area contributed by atoms with Crippen molar-refractivity contribution in [3.63, 3.8) is 0 Å². The van der Waals surface area contributed by atoms with E-state index in [2.05, 4.69) is 4.90 Å².